The van der Waals surface area contributed by atoms with E-state index in [9.17, 15) is 4.79 Å². The molecule has 0 bridgehead atoms. The maximum Gasteiger partial charge on any atom is 0.193 e. The first-order valence-electron chi connectivity index (χ1n) is 11.7. The molecule has 0 radical (unpaired) electrons. The van der Waals surface area contributed by atoms with E-state index < -0.39 is 16.6 Å². The van der Waals surface area contributed by atoms with Crippen molar-refractivity contribution in [2.45, 2.75) is 103 Å². The number of rotatable bonds is 5. The number of benzene rings is 1. The molecule has 3 rings (SSSR count). The fourth-order valence-corrected chi connectivity index (χ4v) is 6.82. The van der Waals surface area contributed by atoms with Gasteiger partial charge in [0.05, 0.1) is 12.2 Å². The second-order valence-corrected chi connectivity index (χ2v) is 22.0. The molecule has 0 aliphatic heterocycles. The molecular weight excluding hydrogens is 416 g/mol. The molecule has 0 unspecified atom stereocenters. The first-order chi connectivity index (χ1) is 14.1. The monoisotopic (exact) mass is 458 g/mol. The summed E-state index contributed by atoms with van der Waals surface area (Å²) in [5.41, 5.74) is 3.14. The molecule has 1 aromatic carbocycles. The minimum atomic E-state index is -2.06. The Hall–Kier alpha value is -1.02. The summed E-state index contributed by atoms with van der Waals surface area (Å²) in [6, 6.07) is 10.2. The lowest BCUT2D eigenvalue weighted by Gasteiger charge is -2.43. The summed E-state index contributed by atoms with van der Waals surface area (Å²) in [7, 11) is -4.03. The van der Waals surface area contributed by atoms with Crippen LogP contribution in [0.25, 0.3) is 5.57 Å². The van der Waals surface area contributed by atoms with Crippen LogP contribution >= 0.6 is 0 Å². The number of allylic oxidation sites excluding steroid dienone is 1. The summed E-state index contributed by atoms with van der Waals surface area (Å²) in [4.78, 5) is 13.1. The van der Waals surface area contributed by atoms with E-state index in [0.29, 0.717) is 6.42 Å². The highest BCUT2D eigenvalue weighted by Gasteiger charge is 2.53. The van der Waals surface area contributed by atoms with E-state index in [1.807, 2.05) is 18.2 Å². The molecule has 0 saturated heterocycles. The molecule has 31 heavy (non-hydrogen) atoms. The van der Waals surface area contributed by atoms with Gasteiger partial charge in [0.25, 0.3) is 0 Å². The molecular formula is C26H42O3Si2. The summed E-state index contributed by atoms with van der Waals surface area (Å²) < 4.78 is 14.1. The molecule has 2 aliphatic carbocycles. The molecule has 0 spiro atoms. The van der Waals surface area contributed by atoms with Gasteiger partial charge in [0.2, 0.25) is 0 Å². The van der Waals surface area contributed by atoms with Gasteiger partial charge in [-0.15, -0.1) is 0 Å². The third-order valence-electron chi connectivity index (χ3n) is 8.14. The van der Waals surface area contributed by atoms with E-state index in [1.54, 1.807) is 0 Å². The standard InChI is InChI=1S/C26H42O3Si2/c1-25(2,3)30(7,8)28-21-17-19-16-20(27)22(18-14-12-11-13-15-18)23(19)24(21)29-31(9,10)26(4,5)6/h11-15,19,21,24H,16-17H2,1-10H3/t19-,21+,24-/m0/s1. The minimum Gasteiger partial charge on any atom is -0.411 e. The molecule has 0 heterocycles. The van der Waals surface area contributed by atoms with Crippen molar-refractivity contribution in [1.82, 2.24) is 0 Å². The van der Waals surface area contributed by atoms with Crippen LogP contribution < -0.4 is 0 Å². The van der Waals surface area contributed by atoms with Crippen molar-refractivity contribution in [2.75, 3.05) is 0 Å². The van der Waals surface area contributed by atoms with Gasteiger partial charge in [0.15, 0.2) is 22.4 Å². The predicted molar refractivity (Wildman–Crippen MR) is 135 cm³/mol. The number of ketones is 1. The number of Topliss-reactive ketones (excluding diaryl/α,β-unsaturated/α-hetero) is 1. The molecule has 5 heteroatoms. The number of carbonyl (C=O) groups is 1. The fraction of sp³-hybridized carbons (Fsp3) is 0.654. The van der Waals surface area contributed by atoms with E-state index in [0.717, 1.165) is 17.6 Å². The van der Waals surface area contributed by atoms with E-state index >= 15 is 0 Å². The molecule has 3 nitrogen and oxygen atoms in total. The quantitative estimate of drug-likeness (QED) is 0.437. The van der Waals surface area contributed by atoms with Gasteiger partial charge in [-0.25, -0.2) is 0 Å². The average molecular weight is 459 g/mol. The van der Waals surface area contributed by atoms with Crippen molar-refractivity contribution < 1.29 is 13.6 Å². The highest BCUT2D eigenvalue weighted by Crippen LogP contribution is 2.51. The van der Waals surface area contributed by atoms with E-state index in [4.69, 9.17) is 8.85 Å². The summed E-state index contributed by atoms with van der Waals surface area (Å²) in [6.07, 6.45) is 1.39. The maximum absolute atomic E-state index is 13.1. The summed E-state index contributed by atoms with van der Waals surface area (Å²) >= 11 is 0. The van der Waals surface area contributed by atoms with Crippen LogP contribution in [0.5, 0.6) is 0 Å². The zero-order valence-electron chi connectivity index (χ0n) is 21.3. The van der Waals surface area contributed by atoms with Crippen molar-refractivity contribution >= 4 is 28.0 Å². The van der Waals surface area contributed by atoms with Crippen molar-refractivity contribution in [3.8, 4) is 0 Å². The van der Waals surface area contributed by atoms with Crippen LogP contribution in [0, 0.1) is 5.92 Å². The van der Waals surface area contributed by atoms with Gasteiger partial charge < -0.3 is 8.85 Å². The van der Waals surface area contributed by atoms with Gasteiger partial charge in [-0.05, 0) is 59.7 Å². The molecule has 3 atom stereocenters. The zero-order chi connectivity index (χ0) is 23.4. The molecule has 172 valence electrons. The molecule has 0 amide bonds. The Morgan fingerprint density at radius 3 is 1.87 bits per heavy atom. The first-order valence-corrected chi connectivity index (χ1v) is 17.5. The van der Waals surface area contributed by atoms with Gasteiger partial charge in [-0.3, -0.25) is 4.79 Å². The molecule has 0 aromatic heterocycles. The summed E-state index contributed by atoms with van der Waals surface area (Å²) in [5.74, 6) is 0.507. The normalized spacial score (nSPS) is 25.4. The largest absolute Gasteiger partial charge is 0.411 e. The van der Waals surface area contributed by atoms with Crippen molar-refractivity contribution in [1.29, 1.82) is 0 Å². The van der Waals surface area contributed by atoms with Crippen molar-refractivity contribution in [3.63, 3.8) is 0 Å². The van der Waals surface area contributed by atoms with Gasteiger partial charge >= 0.3 is 0 Å². The number of fused-ring (bicyclic) bond motifs is 1. The Bertz CT molecular complexity index is 857. The third-order valence-corrected chi connectivity index (χ3v) is 17.1. The van der Waals surface area contributed by atoms with E-state index in [2.05, 4.69) is 79.9 Å². The Kier molecular flexibility index (Phi) is 6.42. The summed E-state index contributed by atoms with van der Waals surface area (Å²) in [5, 5.41) is 0.237. The minimum absolute atomic E-state index is 0.0295. The van der Waals surface area contributed by atoms with Gasteiger partial charge in [-0.2, -0.15) is 0 Å². The lowest BCUT2D eigenvalue weighted by Crippen LogP contribution is -2.50. The highest BCUT2D eigenvalue weighted by molar-refractivity contribution is 6.74. The smallest absolute Gasteiger partial charge is 0.193 e. The fourth-order valence-electron chi connectivity index (χ4n) is 4.22. The topological polar surface area (TPSA) is 35.5 Å². The van der Waals surface area contributed by atoms with Crippen LogP contribution in [-0.2, 0) is 13.6 Å². The number of carbonyl (C=O) groups excluding carboxylic acids is 1. The molecule has 1 aromatic rings. The van der Waals surface area contributed by atoms with Gasteiger partial charge in [-0.1, -0.05) is 71.9 Å². The lowest BCUT2D eigenvalue weighted by atomic mass is 9.99. The number of hydrogen-bond donors (Lipinski definition) is 0. The van der Waals surface area contributed by atoms with E-state index in [-0.39, 0.29) is 34.0 Å². The number of hydrogen-bond acceptors (Lipinski definition) is 3. The Labute approximate surface area is 191 Å². The Balaban J connectivity index is 2.09. The summed E-state index contributed by atoms with van der Waals surface area (Å²) in [6.45, 7) is 23.0. The SMILES string of the molecule is CC(C)(C)[Si](C)(C)O[C@@H]1C2=C(c3ccccc3)C(=O)C[C@H]2C[C@H]1O[Si](C)(C)C(C)(C)C. The molecule has 2 aliphatic rings. The Morgan fingerprint density at radius 2 is 1.35 bits per heavy atom. The van der Waals surface area contributed by atoms with Crippen LogP contribution in [0.15, 0.2) is 35.9 Å². The average Bonchev–Trinajstić information content (AvgIpc) is 3.08. The Morgan fingerprint density at radius 1 is 0.839 bits per heavy atom. The predicted octanol–water partition coefficient (Wildman–Crippen LogP) is 7.21. The first kappa shape index (κ1) is 24.6. The second kappa shape index (κ2) is 8.09. The van der Waals surface area contributed by atoms with Gasteiger partial charge in [0, 0.05) is 12.0 Å². The third kappa shape index (κ3) is 4.70. The second-order valence-electron chi connectivity index (χ2n) is 12.5. The van der Waals surface area contributed by atoms with Crippen LogP contribution in [0.2, 0.25) is 36.3 Å². The molecule has 1 fully saturated rings. The van der Waals surface area contributed by atoms with E-state index in [1.165, 1.54) is 5.57 Å². The van der Waals surface area contributed by atoms with Crippen molar-refractivity contribution in [3.05, 3.63) is 41.5 Å². The van der Waals surface area contributed by atoms with Gasteiger partial charge in [0.1, 0.15) is 0 Å². The lowest BCUT2D eigenvalue weighted by molar-refractivity contribution is -0.113. The molecule has 0 N–H and O–H groups in total. The van der Waals surface area contributed by atoms with Crippen LogP contribution in [-0.4, -0.2) is 34.6 Å². The maximum atomic E-state index is 13.1. The highest BCUT2D eigenvalue weighted by atomic mass is 28.4. The molecule has 1 saturated carbocycles. The van der Waals surface area contributed by atoms with Crippen LogP contribution in [0.1, 0.15) is 59.9 Å². The zero-order valence-corrected chi connectivity index (χ0v) is 23.3. The van der Waals surface area contributed by atoms with Crippen LogP contribution in [0.3, 0.4) is 0 Å². The van der Waals surface area contributed by atoms with Crippen molar-refractivity contribution in [2.24, 2.45) is 5.92 Å². The van der Waals surface area contributed by atoms with Crippen LogP contribution in [0.4, 0.5) is 0 Å².